The number of hydrogen-bond donors (Lipinski definition) is 0. The number of benzene rings is 1. The fourth-order valence-corrected chi connectivity index (χ4v) is 2.73. The van der Waals surface area contributed by atoms with Gasteiger partial charge in [-0.1, -0.05) is 36.7 Å². The zero-order valence-electron chi connectivity index (χ0n) is 11.7. The Labute approximate surface area is 121 Å². The first-order valence-electron chi connectivity index (χ1n) is 5.90. The number of hydrogen-bond acceptors (Lipinski definition) is 1. The summed E-state index contributed by atoms with van der Waals surface area (Å²) in [6.07, 6.45) is -4.38. The van der Waals surface area contributed by atoms with Crippen LogP contribution in [0.1, 0.15) is 26.3 Å². The maximum Gasteiger partial charge on any atom is 0.417 e. The van der Waals surface area contributed by atoms with Crippen molar-refractivity contribution in [1.29, 1.82) is 0 Å². The maximum absolute atomic E-state index is 12.8. The molecule has 0 aliphatic carbocycles. The molecule has 1 aromatic carbocycles. The zero-order chi connectivity index (χ0) is 15.1. The van der Waals surface area contributed by atoms with E-state index in [1.54, 1.807) is 6.07 Å². The molecule has 0 saturated carbocycles. The monoisotopic (exact) mass is 354 g/mol. The van der Waals surface area contributed by atoms with Gasteiger partial charge in [0, 0.05) is 4.47 Å². The van der Waals surface area contributed by atoms with Crippen LogP contribution in [-0.4, -0.2) is 8.32 Å². The van der Waals surface area contributed by atoms with Crippen molar-refractivity contribution in [3.8, 4) is 5.75 Å². The van der Waals surface area contributed by atoms with E-state index < -0.39 is 20.1 Å². The Balaban J connectivity index is 3.12. The first kappa shape index (κ1) is 16.6. The first-order chi connectivity index (χ1) is 8.34. The summed E-state index contributed by atoms with van der Waals surface area (Å²) in [5.41, 5.74) is -0.705. The van der Waals surface area contributed by atoms with Gasteiger partial charge >= 0.3 is 6.18 Å². The van der Waals surface area contributed by atoms with Crippen LogP contribution < -0.4 is 4.43 Å². The van der Waals surface area contributed by atoms with Crippen molar-refractivity contribution in [2.24, 2.45) is 0 Å². The van der Waals surface area contributed by atoms with Gasteiger partial charge in [0.15, 0.2) is 0 Å². The number of rotatable bonds is 2. The number of alkyl halides is 3. The van der Waals surface area contributed by atoms with Gasteiger partial charge in [0.05, 0.1) is 5.56 Å². The van der Waals surface area contributed by atoms with E-state index in [1.807, 2.05) is 33.9 Å². The highest BCUT2D eigenvalue weighted by atomic mass is 79.9. The average molecular weight is 355 g/mol. The predicted octanol–water partition coefficient (Wildman–Crippen LogP) is 5.85. The zero-order valence-corrected chi connectivity index (χ0v) is 14.2. The van der Waals surface area contributed by atoms with E-state index in [0.717, 1.165) is 6.07 Å². The minimum Gasteiger partial charge on any atom is -0.543 e. The summed E-state index contributed by atoms with van der Waals surface area (Å²) in [5.74, 6) is 0.280. The molecule has 6 heteroatoms. The van der Waals surface area contributed by atoms with Crippen LogP contribution in [0.4, 0.5) is 13.2 Å². The highest BCUT2D eigenvalue weighted by Crippen LogP contribution is 2.40. The smallest absolute Gasteiger partial charge is 0.417 e. The minimum atomic E-state index is -4.38. The van der Waals surface area contributed by atoms with Gasteiger partial charge in [-0.25, -0.2) is 0 Å². The van der Waals surface area contributed by atoms with Crippen molar-refractivity contribution < 1.29 is 17.6 Å². The van der Waals surface area contributed by atoms with E-state index >= 15 is 0 Å². The molecule has 0 amide bonds. The Kier molecular flexibility index (Phi) is 4.47. The fourth-order valence-electron chi connectivity index (χ4n) is 1.23. The normalized spacial score (nSPS) is 13.5. The highest BCUT2D eigenvalue weighted by Gasteiger charge is 2.40. The number of halogens is 4. The molecule has 1 aromatic rings. The van der Waals surface area contributed by atoms with Gasteiger partial charge in [-0.15, -0.1) is 0 Å². The average Bonchev–Trinajstić information content (AvgIpc) is 2.17. The lowest BCUT2D eigenvalue weighted by atomic mass is 10.2. The Bertz CT molecular complexity index is 464. The minimum absolute atomic E-state index is 0.0302. The summed E-state index contributed by atoms with van der Waals surface area (Å²) in [6.45, 7) is 10.1. The second-order valence-corrected chi connectivity index (χ2v) is 11.6. The second kappa shape index (κ2) is 5.13. The standard InChI is InChI=1S/C13H18BrF3OSi/c1-12(2,3)19(4,5)18-9-6-7-11(14)10(8-9)13(15,16)17/h6-8H,1-5H3. The summed E-state index contributed by atoms with van der Waals surface area (Å²) < 4.78 is 44.4. The van der Waals surface area contributed by atoms with Gasteiger partial charge in [0.25, 0.3) is 0 Å². The highest BCUT2D eigenvalue weighted by molar-refractivity contribution is 9.10. The second-order valence-electron chi connectivity index (χ2n) is 6.00. The molecular weight excluding hydrogens is 337 g/mol. The van der Waals surface area contributed by atoms with Gasteiger partial charge in [0.1, 0.15) is 5.75 Å². The van der Waals surface area contributed by atoms with Crippen LogP contribution in [0.2, 0.25) is 18.1 Å². The molecule has 0 bridgehead atoms. The molecule has 0 spiro atoms. The molecule has 0 unspecified atom stereocenters. The van der Waals surface area contributed by atoms with Gasteiger partial charge in [-0.3, -0.25) is 0 Å². The van der Waals surface area contributed by atoms with Crippen molar-refractivity contribution in [2.45, 2.75) is 45.1 Å². The molecule has 1 rings (SSSR count). The third kappa shape index (κ3) is 3.98. The van der Waals surface area contributed by atoms with E-state index in [2.05, 4.69) is 15.9 Å². The fraction of sp³-hybridized carbons (Fsp3) is 0.538. The Morgan fingerprint density at radius 1 is 1.11 bits per heavy atom. The summed E-state index contributed by atoms with van der Waals surface area (Å²) >= 11 is 2.92. The van der Waals surface area contributed by atoms with Crippen molar-refractivity contribution in [3.05, 3.63) is 28.2 Å². The van der Waals surface area contributed by atoms with E-state index in [-0.39, 0.29) is 15.3 Å². The van der Waals surface area contributed by atoms with Crippen LogP contribution >= 0.6 is 15.9 Å². The summed E-state index contributed by atoms with van der Waals surface area (Å²) in [4.78, 5) is 0. The van der Waals surface area contributed by atoms with Crippen molar-refractivity contribution in [3.63, 3.8) is 0 Å². The lowest BCUT2D eigenvalue weighted by Crippen LogP contribution is -2.43. The molecule has 1 nitrogen and oxygen atoms in total. The Morgan fingerprint density at radius 2 is 1.63 bits per heavy atom. The van der Waals surface area contributed by atoms with Crippen molar-refractivity contribution in [1.82, 2.24) is 0 Å². The SMILES string of the molecule is CC(C)(C)[Si](C)(C)Oc1ccc(Br)c(C(F)(F)F)c1. The molecular formula is C13H18BrF3OSi. The van der Waals surface area contributed by atoms with Gasteiger partial charge < -0.3 is 4.43 Å². The molecule has 0 aliphatic rings. The Hall–Kier alpha value is -0.493. The molecule has 0 N–H and O–H groups in total. The third-order valence-corrected chi connectivity index (χ3v) is 8.47. The summed E-state index contributed by atoms with van der Waals surface area (Å²) in [5, 5.41) is -0.0571. The molecule has 0 fully saturated rings. The molecule has 0 radical (unpaired) electrons. The maximum atomic E-state index is 12.8. The molecule has 0 heterocycles. The van der Waals surface area contributed by atoms with E-state index in [1.165, 1.54) is 6.07 Å². The molecule has 0 saturated heterocycles. The van der Waals surface area contributed by atoms with E-state index in [9.17, 15) is 13.2 Å². The predicted molar refractivity (Wildman–Crippen MR) is 77.0 cm³/mol. The van der Waals surface area contributed by atoms with E-state index in [0.29, 0.717) is 0 Å². The first-order valence-corrected chi connectivity index (χ1v) is 9.60. The van der Waals surface area contributed by atoms with Crippen LogP contribution in [0.15, 0.2) is 22.7 Å². The van der Waals surface area contributed by atoms with Gasteiger partial charge in [-0.05, 0) is 36.3 Å². The lowest BCUT2D eigenvalue weighted by Gasteiger charge is -2.36. The topological polar surface area (TPSA) is 9.23 Å². The Morgan fingerprint density at radius 3 is 2.05 bits per heavy atom. The largest absolute Gasteiger partial charge is 0.543 e. The van der Waals surface area contributed by atoms with Gasteiger partial charge in [0.2, 0.25) is 8.32 Å². The summed E-state index contributed by atoms with van der Waals surface area (Å²) in [6, 6.07) is 4.01. The van der Waals surface area contributed by atoms with Crippen LogP contribution in [0, 0.1) is 0 Å². The van der Waals surface area contributed by atoms with Crippen molar-refractivity contribution >= 4 is 24.2 Å². The molecule has 0 aromatic heterocycles. The van der Waals surface area contributed by atoms with Gasteiger partial charge in [-0.2, -0.15) is 13.2 Å². The van der Waals surface area contributed by atoms with Crippen LogP contribution in [0.3, 0.4) is 0 Å². The molecule has 0 aliphatic heterocycles. The van der Waals surface area contributed by atoms with Crippen LogP contribution in [-0.2, 0) is 6.18 Å². The molecule has 108 valence electrons. The quantitative estimate of drug-likeness (QED) is 0.605. The third-order valence-electron chi connectivity index (χ3n) is 3.42. The van der Waals surface area contributed by atoms with Crippen LogP contribution in [0.5, 0.6) is 5.75 Å². The lowest BCUT2D eigenvalue weighted by molar-refractivity contribution is -0.138. The van der Waals surface area contributed by atoms with Crippen molar-refractivity contribution in [2.75, 3.05) is 0 Å². The summed E-state index contributed by atoms with van der Waals surface area (Å²) in [7, 11) is -2.13. The molecule has 0 atom stereocenters. The van der Waals surface area contributed by atoms with E-state index in [4.69, 9.17) is 4.43 Å². The van der Waals surface area contributed by atoms with Crippen LogP contribution in [0.25, 0.3) is 0 Å². The molecule has 19 heavy (non-hydrogen) atoms.